The van der Waals surface area contributed by atoms with E-state index < -0.39 is 0 Å². The van der Waals surface area contributed by atoms with E-state index in [2.05, 4.69) is 24.4 Å². The fourth-order valence-electron chi connectivity index (χ4n) is 1.90. The summed E-state index contributed by atoms with van der Waals surface area (Å²) in [6.45, 7) is 5.23. The van der Waals surface area contributed by atoms with Crippen molar-refractivity contribution in [1.29, 1.82) is 0 Å². The van der Waals surface area contributed by atoms with Crippen LogP contribution in [0.3, 0.4) is 0 Å². The maximum absolute atomic E-state index is 5.67. The van der Waals surface area contributed by atoms with Gasteiger partial charge in [0.25, 0.3) is 0 Å². The van der Waals surface area contributed by atoms with Crippen LogP contribution in [-0.2, 0) is 11.3 Å². The Bertz CT molecular complexity index is 328. The van der Waals surface area contributed by atoms with E-state index in [1.165, 1.54) is 24.8 Å². The molecule has 0 spiro atoms. The maximum Gasteiger partial charge on any atom is 0.119 e. The third-order valence-electron chi connectivity index (χ3n) is 2.92. The van der Waals surface area contributed by atoms with Gasteiger partial charge in [-0.25, -0.2) is 0 Å². The summed E-state index contributed by atoms with van der Waals surface area (Å²) in [7, 11) is 1.94. The van der Waals surface area contributed by atoms with E-state index in [4.69, 9.17) is 9.47 Å². The number of benzene rings is 1. The standard InChI is InChI=1S/C16H27NO2/c1-3-4-5-6-10-18-11-12-19-16-9-7-8-15(13-16)14-17-2/h7-9,13,17H,3-6,10-12,14H2,1-2H3. The third kappa shape index (κ3) is 7.85. The van der Waals surface area contributed by atoms with Gasteiger partial charge < -0.3 is 14.8 Å². The zero-order valence-electron chi connectivity index (χ0n) is 12.3. The first-order valence-electron chi connectivity index (χ1n) is 7.31. The summed E-state index contributed by atoms with van der Waals surface area (Å²) >= 11 is 0. The summed E-state index contributed by atoms with van der Waals surface area (Å²) in [5, 5.41) is 3.13. The van der Waals surface area contributed by atoms with Crippen molar-refractivity contribution < 1.29 is 9.47 Å². The van der Waals surface area contributed by atoms with Crippen LogP contribution in [0.15, 0.2) is 24.3 Å². The molecule has 3 heteroatoms. The molecule has 0 heterocycles. The number of nitrogens with one attached hydrogen (secondary N) is 1. The first-order valence-corrected chi connectivity index (χ1v) is 7.31. The van der Waals surface area contributed by atoms with Gasteiger partial charge in [0.05, 0.1) is 6.61 Å². The Morgan fingerprint density at radius 3 is 2.74 bits per heavy atom. The molecule has 0 fully saturated rings. The number of hydrogen-bond acceptors (Lipinski definition) is 3. The van der Waals surface area contributed by atoms with Crippen molar-refractivity contribution in [2.24, 2.45) is 0 Å². The summed E-state index contributed by atoms with van der Waals surface area (Å²) in [6.07, 6.45) is 5.00. The molecule has 0 saturated heterocycles. The topological polar surface area (TPSA) is 30.5 Å². The van der Waals surface area contributed by atoms with Crippen LogP contribution in [0.5, 0.6) is 5.75 Å². The molecule has 1 aromatic carbocycles. The van der Waals surface area contributed by atoms with Crippen molar-refractivity contribution >= 4 is 0 Å². The lowest BCUT2D eigenvalue weighted by molar-refractivity contribution is 0.0971. The molecule has 0 saturated carbocycles. The Morgan fingerprint density at radius 1 is 1.05 bits per heavy atom. The highest BCUT2D eigenvalue weighted by molar-refractivity contribution is 5.28. The number of rotatable bonds is 11. The van der Waals surface area contributed by atoms with Gasteiger partial charge in [0.2, 0.25) is 0 Å². The van der Waals surface area contributed by atoms with Gasteiger partial charge in [0.1, 0.15) is 12.4 Å². The van der Waals surface area contributed by atoms with Gasteiger partial charge in [0, 0.05) is 13.2 Å². The lowest BCUT2D eigenvalue weighted by atomic mass is 10.2. The molecule has 1 rings (SSSR count). The fraction of sp³-hybridized carbons (Fsp3) is 0.625. The SMILES string of the molecule is CCCCCCOCCOc1cccc(CNC)c1. The first-order chi connectivity index (χ1) is 9.36. The number of hydrogen-bond donors (Lipinski definition) is 1. The molecule has 0 aliphatic rings. The molecule has 108 valence electrons. The van der Waals surface area contributed by atoms with Crippen LogP contribution in [0, 0.1) is 0 Å². The lowest BCUT2D eigenvalue weighted by Crippen LogP contribution is -2.08. The van der Waals surface area contributed by atoms with Crippen LogP contribution in [0.2, 0.25) is 0 Å². The molecule has 0 aliphatic heterocycles. The first kappa shape index (κ1) is 16.0. The fourth-order valence-corrected chi connectivity index (χ4v) is 1.90. The molecule has 0 bridgehead atoms. The second kappa shape index (κ2) is 10.8. The van der Waals surface area contributed by atoms with Crippen LogP contribution >= 0.6 is 0 Å². The van der Waals surface area contributed by atoms with E-state index in [-0.39, 0.29) is 0 Å². The molecule has 0 aliphatic carbocycles. The third-order valence-corrected chi connectivity index (χ3v) is 2.92. The molecule has 0 amide bonds. The van der Waals surface area contributed by atoms with Gasteiger partial charge in [-0.15, -0.1) is 0 Å². The predicted molar refractivity (Wildman–Crippen MR) is 79.7 cm³/mol. The van der Waals surface area contributed by atoms with E-state index in [1.807, 2.05) is 19.2 Å². The van der Waals surface area contributed by atoms with Crippen LogP contribution in [0.1, 0.15) is 38.2 Å². The average Bonchev–Trinajstić information content (AvgIpc) is 2.43. The van der Waals surface area contributed by atoms with Gasteiger partial charge >= 0.3 is 0 Å². The van der Waals surface area contributed by atoms with E-state index in [1.54, 1.807) is 0 Å². The maximum atomic E-state index is 5.67. The Labute approximate surface area is 117 Å². The Hall–Kier alpha value is -1.06. The van der Waals surface area contributed by atoms with Gasteiger partial charge in [-0.1, -0.05) is 38.3 Å². The largest absolute Gasteiger partial charge is 0.491 e. The van der Waals surface area contributed by atoms with Gasteiger partial charge in [0.15, 0.2) is 0 Å². The van der Waals surface area contributed by atoms with Crippen molar-refractivity contribution in [3.63, 3.8) is 0 Å². The van der Waals surface area contributed by atoms with Crippen molar-refractivity contribution in [3.05, 3.63) is 29.8 Å². The van der Waals surface area contributed by atoms with E-state index in [0.29, 0.717) is 13.2 Å². The summed E-state index contributed by atoms with van der Waals surface area (Å²) in [6, 6.07) is 8.17. The van der Waals surface area contributed by atoms with Crippen LogP contribution in [-0.4, -0.2) is 26.9 Å². The molecule has 0 atom stereocenters. The molecule has 0 unspecified atom stereocenters. The van der Waals surface area contributed by atoms with Crippen LogP contribution in [0.4, 0.5) is 0 Å². The summed E-state index contributed by atoms with van der Waals surface area (Å²) in [4.78, 5) is 0. The minimum atomic E-state index is 0.622. The second-order valence-electron chi connectivity index (χ2n) is 4.70. The van der Waals surface area contributed by atoms with Crippen molar-refractivity contribution in [1.82, 2.24) is 5.32 Å². The highest BCUT2D eigenvalue weighted by Crippen LogP contribution is 2.13. The summed E-state index contributed by atoms with van der Waals surface area (Å²) in [5.41, 5.74) is 1.24. The minimum Gasteiger partial charge on any atom is -0.491 e. The normalized spacial score (nSPS) is 10.6. The van der Waals surface area contributed by atoms with E-state index >= 15 is 0 Å². The van der Waals surface area contributed by atoms with E-state index in [9.17, 15) is 0 Å². The molecule has 3 nitrogen and oxygen atoms in total. The van der Waals surface area contributed by atoms with Crippen LogP contribution < -0.4 is 10.1 Å². The van der Waals surface area contributed by atoms with Gasteiger partial charge in [-0.2, -0.15) is 0 Å². The Kier molecular flexibility index (Phi) is 9.11. The molecule has 1 N–H and O–H groups in total. The second-order valence-corrected chi connectivity index (χ2v) is 4.70. The Morgan fingerprint density at radius 2 is 1.95 bits per heavy atom. The zero-order valence-corrected chi connectivity index (χ0v) is 12.3. The number of unbranched alkanes of at least 4 members (excludes halogenated alkanes) is 3. The monoisotopic (exact) mass is 265 g/mol. The van der Waals surface area contributed by atoms with E-state index in [0.717, 1.165) is 25.3 Å². The molecular formula is C16H27NO2. The van der Waals surface area contributed by atoms with Crippen LogP contribution in [0.25, 0.3) is 0 Å². The minimum absolute atomic E-state index is 0.622. The lowest BCUT2D eigenvalue weighted by Gasteiger charge is -2.08. The summed E-state index contributed by atoms with van der Waals surface area (Å²) in [5.74, 6) is 0.919. The molecular weight excluding hydrogens is 238 g/mol. The highest BCUT2D eigenvalue weighted by Gasteiger charge is 1.96. The zero-order chi connectivity index (χ0) is 13.8. The van der Waals surface area contributed by atoms with Crippen molar-refractivity contribution in [2.75, 3.05) is 26.9 Å². The highest BCUT2D eigenvalue weighted by atomic mass is 16.5. The smallest absolute Gasteiger partial charge is 0.119 e. The quantitative estimate of drug-likeness (QED) is 0.622. The Balaban J connectivity index is 2.07. The van der Waals surface area contributed by atoms with Gasteiger partial charge in [-0.05, 0) is 31.2 Å². The van der Waals surface area contributed by atoms with Crippen molar-refractivity contribution in [2.45, 2.75) is 39.2 Å². The molecule has 0 radical (unpaired) electrons. The average molecular weight is 265 g/mol. The molecule has 1 aromatic rings. The number of ether oxygens (including phenoxy) is 2. The molecule has 0 aromatic heterocycles. The van der Waals surface area contributed by atoms with Crippen molar-refractivity contribution in [3.8, 4) is 5.75 Å². The molecule has 19 heavy (non-hydrogen) atoms. The predicted octanol–water partition coefficient (Wildman–Crippen LogP) is 3.38. The van der Waals surface area contributed by atoms with Gasteiger partial charge in [-0.3, -0.25) is 0 Å². The summed E-state index contributed by atoms with van der Waals surface area (Å²) < 4.78 is 11.2.